The van der Waals surface area contributed by atoms with Crippen LogP contribution in [0.15, 0.2) is 24.4 Å². The number of aromatic nitrogens is 3. The molecule has 2 aromatic rings. The van der Waals surface area contributed by atoms with Crippen LogP contribution in [0.1, 0.15) is 76.0 Å². The van der Waals surface area contributed by atoms with Crippen LogP contribution in [0, 0.1) is 17.3 Å². The number of benzene rings is 1. The second kappa shape index (κ2) is 10.7. The number of carbonyl (C=O) groups excluding carboxylic acids is 2. The first-order valence-electron chi connectivity index (χ1n) is 14.3. The van der Waals surface area contributed by atoms with Crippen molar-refractivity contribution in [3.05, 3.63) is 41.2 Å². The van der Waals surface area contributed by atoms with Gasteiger partial charge < -0.3 is 29.2 Å². The zero-order chi connectivity index (χ0) is 29.7. The zero-order valence-electron chi connectivity index (χ0n) is 25.0. The number of aliphatic hydroxyl groups is 1. The third-order valence-electron chi connectivity index (χ3n) is 9.06. The van der Waals surface area contributed by atoms with Crippen molar-refractivity contribution in [2.24, 2.45) is 17.3 Å². The largest absolute Gasteiger partial charge is 0.496 e. The molecule has 2 N–H and O–H groups in total. The van der Waals surface area contributed by atoms with Crippen molar-refractivity contribution in [2.75, 3.05) is 7.11 Å². The summed E-state index contributed by atoms with van der Waals surface area (Å²) in [5.41, 5.74) is 0.430. The molecule has 41 heavy (non-hydrogen) atoms. The van der Waals surface area contributed by atoms with Gasteiger partial charge in [-0.15, -0.1) is 5.10 Å². The molecule has 1 saturated heterocycles. The van der Waals surface area contributed by atoms with Crippen LogP contribution in [0.25, 0.3) is 0 Å². The number of nitrogens with zero attached hydrogens (tertiary/aromatic N) is 3. The summed E-state index contributed by atoms with van der Waals surface area (Å²) in [6.07, 6.45) is 3.77. The van der Waals surface area contributed by atoms with E-state index in [4.69, 9.17) is 18.8 Å². The van der Waals surface area contributed by atoms with E-state index < -0.39 is 30.2 Å². The molecule has 0 spiro atoms. The summed E-state index contributed by atoms with van der Waals surface area (Å²) in [5.74, 6) is -0.0689. The number of ether oxygens (including phenoxy) is 2. The first kappa shape index (κ1) is 29.5. The molecule has 3 saturated carbocycles. The lowest BCUT2D eigenvalue weighted by atomic mass is 9.43. The number of esters is 1. The summed E-state index contributed by atoms with van der Waals surface area (Å²) in [4.78, 5) is 26.2. The highest BCUT2D eigenvalue weighted by Crippen LogP contribution is 2.65. The SMILES string of the molecule is COc1c(CC(NC(=O)Cn2cc(CO)nn2)B2O[C@@H]3C[C@@H]4C[C@@H](C4(C)C)[C@]3(C)O2)cccc1C(=O)OC(C)(C)C. The average Bonchev–Trinajstić information content (AvgIpc) is 3.50. The zero-order valence-corrected chi connectivity index (χ0v) is 25.0. The van der Waals surface area contributed by atoms with E-state index in [1.165, 1.54) is 18.0 Å². The van der Waals surface area contributed by atoms with E-state index in [0.29, 0.717) is 34.4 Å². The van der Waals surface area contributed by atoms with E-state index >= 15 is 0 Å². The molecule has 1 aromatic carbocycles. The van der Waals surface area contributed by atoms with Crippen molar-refractivity contribution < 1.29 is 33.5 Å². The fourth-order valence-electron chi connectivity index (χ4n) is 6.89. The standard InChI is InChI=1S/C29H41BN4O7/c1-27(2,3)39-26(37)20-10-8-9-17(25(20)38-7)11-23(31-24(36)15-34-14-19(16-35)32-33-34)30-40-22-13-18-12-21(28(18,4)5)29(22,6)41-30/h8-10,14,18,21-23,35H,11-13,15-16H2,1-7H3,(H,31,36)/t18-,21-,22+,23?,29-/m0/s1. The maximum atomic E-state index is 13.2. The van der Waals surface area contributed by atoms with Crippen LogP contribution >= 0.6 is 0 Å². The molecule has 4 aliphatic rings. The number of hydrogen-bond acceptors (Lipinski definition) is 9. The second-order valence-corrected chi connectivity index (χ2v) is 13.3. The van der Waals surface area contributed by atoms with Gasteiger partial charge >= 0.3 is 13.1 Å². The lowest BCUT2D eigenvalue weighted by molar-refractivity contribution is -0.199. The molecule has 222 valence electrons. The smallest absolute Gasteiger partial charge is 0.482 e. The Morgan fingerprint density at radius 2 is 2.02 bits per heavy atom. The normalized spacial score (nSPS) is 27.0. The Bertz CT molecular complexity index is 1310. The fraction of sp³-hybridized carbons (Fsp3) is 0.655. The summed E-state index contributed by atoms with van der Waals surface area (Å²) >= 11 is 0. The highest BCUT2D eigenvalue weighted by atomic mass is 16.7. The summed E-state index contributed by atoms with van der Waals surface area (Å²) in [7, 11) is 0.805. The number of carbonyl (C=O) groups is 2. The van der Waals surface area contributed by atoms with E-state index in [0.717, 1.165) is 12.8 Å². The van der Waals surface area contributed by atoms with Gasteiger partial charge in [-0.3, -0.25) is 4.79 Å². The molecule has 12 heteroatoms. The Morgan fingerprint density at radius 3 is 2.66 bits per heavy atom. The Balaban J connectivity index is 1.41. The van der Waals surface area contributed by atoms with Gasteiger partial charge in [0.15, 0.2) is 0 Å². The summed E-state index contributed by atoms with van der Waals surface area (Å²) in [5, 5.41) is 20.2. The van der Waals surface area contributed by atoms with E-state index in [1.807, 2.05) is 26.8 Å². The lowest BCUT2D eigenvalue weighted by Gasteiger charge is -2.64. The highest BCUT2D eigenvalue weighted by molar-refractivity contribution is 6.48. The van der Waals surface area contributed by atoms with Crippen LogP contribution in [0.5, 0.6) is 5.75 Å². The molecular weight excluding hydrogens is 527 g/mol. The average molecular weight is 568 g/mol. The van der Waals surface area contributed by atoms with Crippen molar-refractivity contribution >= 4 is 19.0 Å². The van der Waals surface area contributed by atoms with Gasteiger partial charge in [0.2, 0.25) is 5.91 Å². The van der Waals surface area contributed by atoms with Crippen LogP contribution in [0.4, 0.5) is 0 Å². The maximum Gasteiger partial charge on any atom is 0.482 e. The van der Waals surface area contributed by atoms with E-state index in [9.17, 15) is 14.7 Å². The Morgan fingerprint density at radius 1 is 1.27 bits per heavy atom. The number of hydrogen-bond donors (Lipinski definition) is 2. The van der Waals surface area contributed by atoms with Gasteiger partial charge in [-0.05, 0) is 75.8 Å². The number of rotatable bonds is 9. The van der Waals surface area contributed by atoms with Crippen molar-refractivity contribution in [1.82, 2.24) is 20.3 Å². The number of para-hydroxylation sites is 1. The molecule has 1 aliphatic heterocycles. The molecule has 5 atom stereocenters. The van der Waals surface area contributed by atoms with Crippen molar-refractivity contribution in [3.63, 3.8) is 0 Å². The van der Waals surface area contributed by atoms with Crippen LogP contribution in [-0.2, 0) is 38.4 Å². The number of nitrogens with one attached hydrogen (secondary N) is 1. The van der Waals surface area contributed by atoms with Crippen molar-refractivity contribution in [2.45, 2.75) is 97.2 Å². The number of aliphatic hydroxyl groups excluding tert-OH is 1. The Hall–Kier alpha value is -2.96. The van der Waals surface area contributed by atoms with E-state index in [1.54, 1.807) is 12.1 Å². The minimum Gasteiger partial charge on any atom is -0.496 e. The summed E-state index contributed by atoms with van der Waals surface area (Å²) in [6, 6.07) is 5.30. The van der Waals surface area contributed by atoms with Crippen molar-refractivity contribution in [1.29, 1.82) is 0 Å². The molecule has 11 nitrogen and oxygen atoms in total. The van der Waals surface area contributed by atoms with E-state index in [2.05, 4.69) is 36.4 Å². The molecular formula is C29H41BN4O7. The van der Waals surface area contributed by atoms with Crippen LogP contribution in [0.2, 0.25) is 0 Å². The number of amides is 1. The first-order chi connectivity index (χ1) is 19.2. The number of methoxy groups -OCH3 is 1. The Kier molecular flexibility index (Phi) is 7.71. The van der Waals surface area contributed by atoms with E-state index in [-0.39, 0.29) is 37.0 Å². The predicted octanol–water partition coefficient (Wildman–Crippen LogP) is 2.73. The lowest BCUT2D eigenvalue weighted by Crippen LogP contribution is -2.65. The van der Waals surface area contributed by atoms with Gasteiger partial charge in [0, 0.05) is 0 Å². The third kappa shape index (κ3) is 5.61. The summed E-state index contributed by atoms with van der Waals surface area (Å²) < 4.78 is 26.0. The molecule has 3 aliphatic carbocycles. The van der Waals surface area contributed by atoms with Crippen molar-refractivity contribution in [3.8, 4) is 5.75 Å². The Labute approximate surface area is 241 Å². The third-order valence-corrected chi connectivity index (χ3v) is 9.06. The molecule has 4 fully saturated rings. The minimum absolute atomic E-state index is 0.0684. The first-order valence-corrected chi connectivity index (χ1v) is 14.3. The molecule has 0 radical (unpaired) electrons. The van der Waals surface area contributed by atoms with Gasteiger partial charge in [0.1, 0.15) is 29.2 Å². The monoisotopic (exact) mass is 568 g/mol. The van der Waals surface area contributed by atoms with Crippen LogP contribution < -0.4 is 10.1 Å². The van der Waals surface area contributed by atoms with Gasteiger partial charge in [-0.1, -0.05) is 31.2 Å². The fourth-order valence-corrected chi connectivity index (χ4v) is 6.89. The maximum absolute atomic E-state index is 13.2. The van der Waals surface area contributed by atoms with Crippen LogP contribution in [-0.4, -0.2) is 69.5 Å². The molecule has 2 bridgehead atoms. The van der Waals surface area contributed by atoms with Gasteiger partial charge in [0.05, 0.1) is 37.6 Å². The molecule has 1 unspecified atom stereocenters. The summed E-state index contributed by atoms with van der Waals surface area (Å²) in [6.45, 7) is 11.8. The molecule has 1 amide bonds. The highest BCUT2D eigenvalue weighted by Gasteiger charge is 2.68. The quantitative estimate of drug-likeness (QED) is 0.346. The minimum atomic E-state index is -0.706. The second-order valence-electron chi connectivity index (χ2n) is 13.3. The molecule has 6 rings (SSSR count). The molecule has 1 aromatic heterocycles. The predicted molar refractivity (Wildman–Crippen MR) is 150 cm³/mol. The van der Waals surface area contributed by atoms with Gasteiger partial charge in [0.25, 0.3) is 0 Å². The van der Waals surface area contributed by atoms with Gasteiger partial charge in [-0.2, -0.15) is 0 Å². The van der Waals surface area contributed by atoms with Crippen LogP contribution in [0.3, 0.4) is 0 Å². The molecule has 2 heterocycles. The van der Waals surface area contributed by atoms with Gasteiger partial charge in [-0.25, -0.2) is 9.48 Å². The topological polar surface area (TPSA) is 134 Å².